The number of carbonyl (C=O) groups excluding carboxylic acids is 1. The predicted molar refractivity (Wildman–Crippen MR) is 94.7 cm³/mol. The van der Waals surface area contributed by atoms with Crippen LogP contribution in [0.4, 0.5) is 0 Å². The first kappa shape index (κ1) is 16.2. The van der Waals surface area contributed by atoms with Gasteiger partial charge in [-0.1, -0.05) is 80.6 Å². The summed E-state index contributed by atoms with van der Waals surface area (Å²) in [7, 11) is 0. The molecular formula is C21H24O. The summed E-state index contributed by atoms with van der Waals surface area (Å²) in [6.45, 7) is 6.05. The van der Waals surface area contributed by atoms with Gasteiger partial charge in [0, 0.05) is 6.42 Å². The maximum Gasteiger partial charge on any atom is 0.130 e. The van der Waals surface area contributed by atoms with Gasteiger partial charge >= 0.3 is 0 Å². The first-order chi connectivity index (χ1) is 10.6. The number of hydrogen-bond acceptors (Lipinski definition) is 1. The van der Waals surface area contributed by atoms with E-state index in [0.717, 1.165) is 0 Å². The lowest BCUT2D eigenvalue weighted by molar-refractivity contribution is -0.117. The number of Topliss-reactive ketones (excluding diaryl/α,β-unsaturated/α-hetero) is 1. The fraction of sp³-hybridized carbons (Fsp3) is 0.286. The van der Waals surface area contributed by atoms with Crippen LogP contribution in [0.3, 0.4) is 0 Å². The maximum absolute atomic E-state index is 11.6. The van der Waals surface area contributed by atoms with Gasteiger partial charge in [-0.25, -0.2) is 0 Å². The monoisotopic (exact) mass is 292 g/mol. The van der Waals surface area contributed by atoms with E-state index in [9.17, 15) is 4.79 Å². The van der Waals surface area contributed by atoms with Crippen molar-refractivity contribution < 1.29 is 4.79 Å². The molecule has 0 heterocycles. The standard InChI is InChI=1S/C21H24O/c1-16(2)21(15-17(3)22)20-12-8-7-11-19(20)14-13-18-9-5-4-6-10-18/h4-14,16,21H,15H2,1-3H3/b14-13+. The van der Waals surface area contributed by atoms with E-state index in [-0.39, 0.29) is 11.7 Å². The molecule has 2 aromatic carbocycles. The molecule has 2 aromatic rings. The average molecular weight is 292 g/mol. The Kier molecular flexibility index (Phi) is 5.71. The second kappa shape index (κ2) is 7.74. The van der Waals surface area contributed by atoms with Crippen LogP contribution in [-0.2, 0) is 4.79 Å². The van der Waals surface area contributed by atoms with E-state index in [2.05, 4.69) is 62.4 Å². The lowest BCUT2D eigenvalue weighted by Gasteiger charge is -2.22. The van der Waals surface area contributed by atoms with Crippen molar-refractivity contribution in [2.75, 3.05) is 0 Å². The Hall–Kier alpha value is -2.15. The van der Waals surface area contributed by atoms with E-state index < -0.39 is 0 Å². The zero-order chi connectivity index (χ0) is 15.9. The first-order valence-corrected chi connectivity index (χ1v) is 7.89. The topological polar surface area (TPSA) is 17.1 Å². The molecule has 2 rings (SSSR count). The Balaban J connectivity index is 2.33. The summed E-state index contributed by atoms with van der Waals surface area (Å²) in [4.78, 5) is 11.6. The highest BCUT2D eigenvalue weighted by Crippen LogP contribution is 2.31. The van der Waals surface area contributed by atoms with Crippen LogP contribution in [0, 0.1) is 5.92 Å². The summed E-state index contributed by atoms with van der Waals surface area (Å²) in [6.07, 6.45) is 4.89. The van der Waals surface area contributed by atoms with Gasteiger partial charge in [-0.15, -0.1) is 0 Å². The van der Waals surface area contributed by atoms with Crippen molar-refractivity contribution >= 4 is 17.9 Å². The van der Waals surface area contributed by atoms with E-state index in [0.29, 0.717) is 12.3 Å². The Morgan fingerprint density at radius 2 is 1.59 bits per heavy atom. The van der Waals surface area contributed by atoms with Gasteiger partial charge in [0.15, 0.2) is 0 Å². The Bertz CT molecular complexity index is 638. The molecule has 1 heteroatoms. The summed E-state index contributed by atoms with van der Waals surface area (Å²) >= 11 is 0. The molecule has 1 atom stereocenters. The minimum absolute atomic E-state index is 0.251. The largest absolute Gasteiger partial charge is 0.300 e. The second-order valence-electron chi connectivity index (χ2n) is 6.13. The van der Waals surface area contributed by atoms with Crippen LogP contribution >= 0.6 is 0 Å². The van der Waals surface area contributed by atoms with Crippen LogP contribution in [0.15, 0.2) is 54.6 Å². The summed E-state index contributed by atoms with van der Waals surface area (Å²) in [5, 5.41) is 0. The van der Waals surface area contributed by atoms with Crippen molar-refractivity contribution in [1.29, 1.82) is 0 Å². The zero-order valence-corrected chi connectivity index (χ0v) is 13.6. The molecule has 0 saturated heterocycles. The van der Waals surface area contributed by atoms with Crippen molar-refractivity contribution in [3.8, 4) is 0 Å². The molecule has 0 aliphatic rings. The third kappa shape index (κ3) is 4.42. The van der Waals surface area contributed by atoms with E-state index in [1.807, 2.05) is 18.2 Å². The van der Waals surface area contributed by atoms with Crippen LogP contribution in [-0.4, -0.2) is 5.78 Å². The Morgan fingerprint density at radius 3 is 2.23 bits per heavy atom. The van der Waals surface area contributed by atoms with E-state index in [4.69, 9.17) is 0 Å². The van der Waals surface area contributed by atoms with Crippen molar-refractivity contribution in [1.82, 2.24) is 0 Å². The Morgan fingerprint density at radius 1 is 0.955 bits per heavy atom. The molecular weight excluding hydrogens is 268 g/mol. The van der Waals surface area contributed by atoms with Crippen molar-refractivity contribution in [3.63, 3.8) is 0 Å². The highest BCUT2D eigenvalue weighted by molar-refractivity contribution is 5.77. The molecule has 0 N–H and O–H groups in total. The van der Waals surface area contributed by atoms with Crippen LogP contribution in [0.2, 0.25) is 0 Å². The molecule has 0 radical (unpaired) electrons. The maximum atomic E-state index is 11.6. The highest BCUT2D eigenvalue weighted by atomic mass is 16.1. The minimum Gasteiger partial charge on any atom is -0.300 e. The number of rotatable bonds is 6. The molecule has 0 aromatic heterocycles. The van der Waals surface area contributed by atoms with Crippen LogP contribution < -0.4 is 0 Å². The summed E-state index contributed by atoms with van der Waals surface area (Å²) in [5.41, 5.74) is 3.65. The minimum atomic E-state index is 0.251. The number of hydrogen-bond donors (Lipinski definition) is 0. The van der Waals surface area contributed by atoms with Crippen molar-refractivity contribution in [3.05, 3.63) is 71.3 Å². The van der Waals surface area contributed by atoms with Gasteiger partial charge in [-0.05, 0) is 35.4 Å². The fourth-order valence-corrected chi connectivity index (χ4v) is 2.76. The molecule has 0 aliphatic carbocycles. The first-order valence-electron chi connectivity index (χ1n) is 7.89. The van der Waals surface area contributed by atoms with Gasteiger partial charge in [0.2, 0.25) is 0 Å². The summed E-state index contributed by atoms with van der Waals surface area (Å²) in [5.74, 6) is 0.963. The normalized spacial score (nSPS) is 12.7. The van der Waals surface area contributed by atoms with Crippen molar-refractivity contribution in [2.45, 2.75) is 33.1 Å². The molecule has 0 saturated carbocycles. The lowest BCUT2D eigenvalue weighted by Crippen LogP contribution is -2.12. The molecule has 22 heavy (non-hydrogen) atoms. The molecule has 0 amide bonds. The molecule has 1 nitrogen and oxygen atoms in total. The van der Waals surface area contributed by atoms with Crippen LogP contribution in [0.1, 0.15) is 49.8 Å². The van der Waals surface area contributed by atoms with Gasteiger partial charge in [-0.2, -0.15) is 0 Å². The number of benzene rings is 2. The quantitative estimate of drug-likeness (QED) is 0.636. The van der Waals surface area contributed by atoms with E-state index in [1.165, 1.54) is 16.7 Å². The highest BCUT2D eigenvalue weighted by Gasteiger charge is 2.19. The summed E-state index contributed by atoms with van der Waals surface area (Å²) in [6, 6.07) is 18.7. The van der Waals surface area contributed by atoms with E-state index >= 15 is 0 Å². The number of carbonyl (C=O) groups is 1. The summed E-state index contributed by atoms with van der Waals surface area (Å²) < 4.78 is 0. The smallest absolute Gasteiger partial charge is 0.130 e. The third-order valence-electron chi connectivity index (χ3n) is 3.96. The molecule has 0 aliphatic heterocycles. The molecule has 0 fully saturated rings. The van der Waals surface area contributed by atoms with Gasteiger partial charge < -0.3 is 4.79 Å². The second-order valence-corrected chi connectivity index (χ2v) is 6.13. The molecule has 0 spiro atoms. The van der Waals surface area contributed by atoms with Gasteiger partial charge in [0.1, 0.15) is 5.78 Å². The molecule has 114 valence electrons. The third-order valence-corrected chi connectivity index (χ3v) is 3.96. The SMILES string of the molecule is CC(=O)CC(c1ccccc1/C=C/c1ccccc1)C(C)C. The van der Waals surface area contributed by atoms with Gasteiger partial charge in [0.25, 0.3) is 0 Å². The van der Waals surface area contributed by atoms with Crippen LogP contribution in [0.5, 0.6) is 0 Å². The molecule has 0 bridgehead atoms. The fourth-order valence-electron chi connectivity index (χ4n) is 2.76. The van der Waals surface area contributed by atoms with Crippen LogP contribution in [0.25, 0.3) is 12.2 Å². The van der Waals surface area contributed by atoms with E-state index in [1.54, 1.807) is 6.92 Å². The van der Waals surface area contributed by atoms with Gasteiger partial charge in [0.05, 0.1) is 0 Å². The molecule has 1 unspecified atom stereocenters. The lowest BCUT2D eigenvalue weighted by atomic mass is 9.82. The van der Waals surface area contributed by atoms with Crippen molar-refractivity contribution in [2.24, 2.45) is 5.92 Å². The Labute approximate surface area is 133 Å². The zero-order valence-electron chi connectivity index (χ0n) is 13.6. The number of ketones is 1. The average Bonchev–Trinajstić information content (AvgIpc) is 2.51. The van der Waals surface area contributed by atoms with Gasteiger partial charge in [-0.3, -0.25) is 0 Å². The predicted octanol–water partition coefficient (Wildman–Crippen LogP) is 5.58.